The van der Waals surface area contributed by atoms with Crippen molar-refractivity contribution in [3.05, 3.63) is 52.8 Å². The van der Waals surface area contributed by atoms with Gasteiger partial charge in [0.25, 0.3) is 0 Å². The summed E-state index contributed by atoms with van der Waals surface area (Å²) < 4.78 is 14.2. The summed E-state index contributed by atoms with van der Waals surface area (Å²) >= 11 is 0. The number of aryl methyl sites for hydroxylation is 3. The second-order valence-corrected chi connectivity index (χ2v) is 12.9. The molecule has 0 amide bonds. The molecule has 1 atom stereocenters. The van der Waals surface area contributed by atoms with Crippen LogP contribution in [0.1, 0.15) is 94.9 Å². The van der Waals surface area contributed by atoms with E-state index in [1.807, 2.05) is 38.4 Å². The van der Waals surface area contributed by atoms with Crippen molar-refractivity contribution >= 4 is 22.7 Å². The Bertz CT molecular complexity index is 1350. The fraction of sp³-hybridized carbons (Fsp3) is 0.606. The molecule has 4 heterocycles. The normalized spacial score (nSPS) is 16.9. The van der Waals surface area contributed by atoms with E-state index in [0.717, 1.165) is 73.2 Å². The average molecular weight is 562 g/mol. The third-order valence-corrected chi connectivity index (χ3v) is 7.98. The molecule has 8 heteroatoms. The second-order valence-electron chi connectivity index (χ2n) is 12.9. The van der Waals surface area contributed by atoms with Crippen molar-refractivity contribution in [1.82, 2.24) is 19.7 Å². The summed E-state index contributed by atoms with van der Waals surface area (Å²) in [6, 6.07) is 10.3. The van der Waals surface area contributed by atoms with Gasteiger partial charge in [-0.05, 0) is 85.3 Å². The molecule has 1 saturated heterocycles. The molecule has 0 spiro atoms. The first-order valence-electron chi connectivity index (χ1n) is 15.4. The molecular formula is C33H47N5O3. The monoisotopic (exact) mass is 561 g/mol. The van der Waals surface area contributed by atoms with Gasteiger partial charge in [0.2, 0.25) is 0 Å². The number of aromatic nitrogens is 3. The predicted octanol–water partition coefficient (Wildman–Crippen LogP) is 6.18. The summed E-state index contributed by atoms with van der Waals surface area (Å²) in [7, 11) is 0. The zero-order chi connectivity index (χ0) is 29.1. The molecular weight excluding hydrogens is 514 g/mol. The number of fused-ring (bicyclic) bond motifs is 2. The number of unbranched alkanes of at least 4 members (excludes halogenated alkanes) is 2. The van der Waals surface area contributed by atoms with E-state index in [-0.39, 0.29) is 18.1 Å². The van der Waals surface area contributed by atoms with Crippen molar-refractivity contribution in [1.29, 1.82) is 0 Å². The highest BCUT2D eigenvalue weighted by Crippen LogP contribution is 2.36. The lowest BCUT2D eigenvalue weighted by Gasteiger charge is -2.43. The van der Waals surface area contributed by atoms with Crippen LogP contribution in [0.3, 0.4) is 0 Å². The maximum absolute atomic E-state index is 13.6. The highest BCUT2D eigenvalue weighted by molar-refractivity contribution is 5.90. The number of nitrogens with one attached hydrogen (secondary N) is 1. The van der Waals surface area contributed by atoms with E-state index in [0.29, 0.717) is 13.1 Å². The highest BCUT2D eigenvalue weighted by Gasteiger charge is 2.41. The Balaban J connectivity index is 1.16. The zero-order valence-corrected chi connectivity index (χ0v) is 25.7. The van der Waals surface area contributed by atoms with Gasteiger partial charge in [0.05, 0.1) is 17.3 Å². The van der Waals surface area contributed by atoms with Crippen LogP contribution in [0.15, 0.2) is 30.3 Å². The molecule has 222 valence electrons. The van der Waals surface area contributed by atoms with Gasteiger partial charge in [0.15, 0.2) is 0 Å². The summed E-state index contributed by atoms with van der Waals surface area (Å²) in [5.41, 5.74) is 4.89. The number of esters is 1. The SMILES string of the molecule is Cc1nn(C(C)C)c2c(C(C(=O)OC(C)(C)C)N3CC(OCCCCCc4ccc5c(n4)NCCC5)C3)cccc12. The number of hydrogen-bond acceptors (Lipinski definition) is 7. The topological polar surface area (TPSA) is 81.5 Å². The van der Waals surface area contributed by atoms with Gasteiger partial charge in [-0.3, -0.25) is 9.58 Å². The molecule has 8 nitrogen and oxygen atoms in total. The van der Waals surface area contributed by atoms with Crippen LogP contribution in [0, 0.1) is 6.92 Å². The Morgan fingerprint density at radius 2 is 1.93 bits per heavy atom. The average Bonchev–Trinajstić information content (AvgIpc) is 3.25. The van der Waals surface area contributed by atoms with Crippen LogP contribution in [-0.2, 0) is 27.1 Å². The zero-order valence-electron chi connectivity index (χ0n) is 25.7. The largest absolute Gasteiger partial charge is 0.459 e. The van der Waals surface area contributed by atoms with Crippen molar-refractivity contribution in [3.8, 4) is 0 Å². The maximum Gasteiger partial charge on any atom is 0.328 e. The van der Waals surface area contributed by atoms with Crippen LogP contribution < -0.4 is 5.32 Å². The Labute approximate surface area is 244 Å². The quantitative estimate of drug-likeness (QED) is 0.221. The summed E-state index contributed by atoms with van der Waals surface area (Å²) in [5.74, 6) is 0.861. The van der Waals surface area contributed by atoms with E-state index in [4.69, 9.17) is 19.6 Å². The molecule has 1 unspecified atom stereocenters. The number of anilines is 1. The van der Waals surface area contributed by atoms with Gasteiger partial charge in [-0.1, -0.05) is 30.7 Å². The molecule has 0 radical (unpaired) electrons. The number of pyridine rings is 1. The van der Waals surface area contributed by atoms with E-state index in [2.05, 4.69) is 48.3 Å². The van der Waals surface area contributed by atoms with Gasteiger partial charge >= 0.3 is 5.97 Å². The van der Waals surface area contributed by atoms with Crippen LogP contribution >= 0.6 is 0 Å². The molecule has 2 aromatic heterocycles. The van der Waals surface area contributed by atoms with E-state index in [1.165, 1.54) is 17.7 Å². The number of nitrogens with zero attached hydrogens (tertiary/aromatic N) is 4. The highest BCUT2D eigenvalue weighted by atomic mass is 16.6. The van der Waals surface area contributed by atoms with Crippen molar-refractivity contribution in [2.24, 2.45) is 0 Å². The van der Waals surface area contributed by atoms with Crippen molar-refractivity contribution in [2.45, 2.75) is 104 Å². The van der Waals surface area contributed by atoms with Crippen LogP contribution in [0.2, 0.25) is 0 Å². The third-order valence-electron chi connectivity index (χ3n) is 7.98. The molecule has 1 N–H and O–H groups in total. The van der Waals surface area contributed by atoms with Crippen molar-refractivity contribution in [3.63, 3.8) is 0 Å². The first-order valence-corrected chi connectivity index (χ1v) is 15.4. The first kappa shape index (κ1) is 29.5. The van der Waals surface area contributed by atoms with Crippen molar-refractivity contribution in [2.75, 3.05) is 31.6 Å². The number of benzene rings is 1. The molecule has 5 rings (SSSR count). The standard InChI is InChI=1S/C33H47N5O3/c1-22(2)38-29-27(23(3)36-38)14-10-15-28(29)30(32(39)41-33(4,5)6)37-20-26(21-37)40-19-9-7-8-13-25-17-16-24-12-11-18-34-31(24)35-25/h10,14-17,22,26,30H,7-9,11-13,18-21H2,1-6H3,(H,34,35). The van der Waals surface area contributed by atoms with Crippen LogP contribution in [-0.4, -0.2) is 63.6 Å². The smallest absolute Gasteiger partial charge is 0.328 e. The minimum atomic E-state index is -0.566. The van der Waals surface area contributed by atoms with Crippen LogP contribution in [0.5, 0.6) is 0 Å². The summed E-state index contributed by atoms with van der Waals surface area (Å²) in [6.45, 7) is 15.2. The molecule has 1 aromatic carbocycles. The molecule has 0 saturated carbocycles. The van der Waals surface area contributed by atoms with Gasteiger partial charge in [0, 0.05) is 48.9 Å². The number of likely N-dealkylation sites (tertiary alicyclic amines) is 1. The maximum atomic E-state index is 13.6. The van der Waals surface area contributed by atoms with Gasteiger partial charge in [-0.25, -0.2) is 9.78 Å². The van der Waals surface area contributed by atoms with E-state index in [1.54, 1.807) is 0 Å². The molecule has 0 aliphatic carbocycles. The predicted molar refractivity (Wildman–Crippen MR) is 163 cm³/mol. The molecule has 2 aliphatic heterocycles. The molecule has 2 aliphatic rings. The van der Waals surface area contributed by atoms with Crippen LogP contribution in [0.4, 0.5) is 5.82 Å². The van der Waals surface area contributed by atoms with E-state index in [9.17, 15) is 4.79 Å². The number of carbonyl (C=O) groups is 1. The minimum Gasteiger partial charge on any atom is -0.459 e. The number of para-hydroxylation sites is 1. The lowest BCUT2D eigenvalue weighted by molar-refractivity contribution is -0.168. The Morgan fingerprint density at radius 1 is 1.12 bits per heavy atom. The van der Waals surface area contributed by atoms with Gasteiger partial charge in [-0.2, -0.15) is 5.10 Å². The van der Waals surface area contributed by atoms with Gasteiger partial charge < -0.3 is 14.8 Å². The van der Waals surface area contributed by atoms with Gasteiger partial charge in [-0.15, -0.1) is 0 Å². The van der Waals surface area contributed by atoms with E-state index < -0.39 is 11.6 Å². The number of carbonyl (C=O) groups excluding carboxylic acids is 1. The van der Waals surface area contributed by atoms with Gasteiger partial charge in [0.1, 0.15) is 17.5 Å². The lowest BCUT2D eigenvalue weighted by Crippen LogP contribution is -2.55. The first-order chi connectivity index (χ1) is 19.6. The second kappa shape index (κ2) is 12.5. The Hall–Kier alpha value is -2.97. The fourth-order valence-corrected chi connectivity index (χ4v) is 5.93. The fourth-order valence-electron chi connectivity index (χ4n) is 5.93. The molecule has 3 aromatic rings. The number of hydrogen-bond donors (Lipinski definition) is 1. The van der Waals surface area contributed by atoms with Crippen LogP contribution in [0.25, 0.3) is 10.9 Å². The molecule has 41 heavy (non-hydrogen) atoms. The molecule has 1 fully saturated rings. The lowest BCUT2D eigenvalue weighted by atomic mass is 9.97. The van der Waals surface area contributed by atoms with Crippen molar-refractivity contribution < 1.29 is 14.3 Å². The minimum absolute atomic E-state index is 0.129. The summed E-state index contributed by atoms with van der Waals surface area (Å²) in [5, 5.41) is 9.31. The Kier molecular flexibility index (Phi) is 9.00. The summed E-state index contributed by atoms with van der Waals surface area (Å²) in [6.07, 6.45) is 6.70. The third kappa shape index (κ3) is 6.92. The number of rotatable bonds is 11. The Morgan fingerprint density at radius 3 is 2.68 bits per heavy atom. The summed E-state index contributed by atoms with van der Waals surface area (Å²) in [4.78, 5) is 20.6. The number of ether oxygens (including phenoxy) is 2. The molecule has 0 bridgehead atoms. The van der Waals surface area contributed by atoms with E-state index >= 15 is 0 Å².